The molecule has 0 amide bonds. The highest BCUT2D eigenvalue weighted by molar-refractivity contribution is 5.66. The van der Waals surface area contributed by atoms with Crippen molar-refractivity contribution in [2.24, 2.45) is 34.5 Å². The van der Waals surface area contributed by atoms with Gasteiger partial charge in [0, 0.05) is 5.41 Å². The lowest BCUT2D eigenvalue weighted by Crippen LogP contribution is -2.42. The molecule has 0 aromatic heterocycles. The molecule has 0 saturated heterocycles. The highest BCUT2D eigenvalue weighted by Gasteiger charge is 2.71. The average molecular weight is 220 g/mol. The standard InChI is InChI=1S/C15H24O/c1-10-5-4-6-11-7-8-12-13(15(10,11)3)14(12,2)9-16/h9-13H,4-8H2,1-3H3. The summed E-state index contributed by atoms with van der Waals surface area (Å²) in [5, 5.41) is 0. The number of rotatable bonds is 1. The average Bonchev–Trinajstić information content (AvgIpc) is 2.89. The van der Waals surface area contributed by atoms with E-state index in [-0.39, 0.29) is 5.41 Å². The first-order valence-electron chi connectivity index (χ1n) is 7.01. The Labute approximate surface area is 99.0 Å². The first-order valence-corrected chi connectivity index (χ1v) is 7.01. The predicted molar refractivity (Wildman–Crippen MR) is 65.0 cm³/mol. The summed E-state index contributed by atoms with van der Waals surface area (Å²) in [5.41, 5.74) is 0.506. The van der Waals surface area contributed by atoms with Gasteiger partial charge in [-0.05, 0) is 48.3 Å². The number of carbonyl (C=O) groups is 1. The first-order chi connectivity index (χ1) is 7.55. The number of hydrogen-bond donors (Lipinski definition) is 0. The fourth-order valence-electron chi connectivity index (χ4n) is 5.46. The second-order valence-electron chi connectivity index (χ2n) is 7.04. The van der Waals surface area contributed by atoms with Crippen LogP contribution >= 0.6 is 0 Å². The van der Waals surface area contributed by atoms with Gasteiger partial charge in [-0.3, -0.25) is 0 Å². The van der Waals surface area contributed by atoms with Crippen molar-refractivity contribution in [2.75, 3.05) is 0 Å². The minimum Gasteiger partial charge on any atom is -0.303 e. The Morgan fingerprint density at radius 2 is 1.88 bits per heavy atom. The van der Waals surface area contributed by atoms with Gasteiger partial charge in [-0.2, -0.15) is 0 Å². The molecule has 0 heterocycles. The van der Waals surface area contributed by atoms with E-state index < -0.39 is 0 Å². The van der Waals surface area contributed by atoms with E-state index in [1.807, 2.05) is 0 Å². The molecule has 6 atom stereocenters. The molecule has 3 aliphatic rings. The topological polar surface area (TPSA) is 17.1 Å². The largest absolute Gasteiger partial charge is 0.303 e. The van der Waals surface area contributed by atoms with Crippen molar-refractivity contribution in [1.29, 1.82) is 0 Å². The molecule has 0 bridgehead atoms. The van der Waals surface area contributed by atoms with Gasteiger partial charge in [0.05, 0.1) is 0 Å². The number of carbonyl (C=O) groups excluding carboxylic acids is 1. The van der Waals surface area contributed by atoms with Gasteiger partial charge in [0.2, 0.25) is 0 Å². The number of fused-ring (bicyclic) bond motifs is 3. The van der Waals surface area contributed by atoms with Gasteiger partial charge in [0.25, 0.3) is 0 Å². The minimum atomic E-state index is 0.0368. The molecule has 6 unspecified atom stereocenters. The Morgan fingerprint density at radius 3 is 2.56 bits per heavy atom. The number of aldehydes is 1. The van der Waals surface area contributed by atoms with Crippen molar-refractivity contribution in [1.82, 2.24) is 0 Å². The third kappa shape index (κ3) is 1.05. The van der Waals surface area contributed by atoms with Gasteiger partial charge in [0.15, 0.2) is 0 Å². The third-order valence-electron chi connectivity index (χ3n) is 6.64. The Bertz CT molecular complexity index is 323. The summed E-state index contributed by atoms with van der Waals surface area (Å²) in [7, 11) is 0. The van der Waals surface area contributed by atoms with E-state index in [4.69, 9.17) is 0 Å². The molecule has 0 spiro atoms. The lowest BCUT2D eigenvalue weighted by Gasteiger charge is -2.50. The minimum absolute atomic E-state index is 0.0368. The van der Waals surface area contributed by atoms with Crippen molar-refractivity contribution in [3.8, 4) is 0 Å². The zero-order valence-corrected chi connectivity index (χ0v) is 10.8. The molecular formula is C15H24O. The molecular weight excluding hydrogens is 196 g/mol. The third-order valence-corrected chi connectivity index (χ3v) is 6.64. The summed E-state index contributed by atoms with van der Waals surface area (Å²) >= 11 is 0. The zero-order chi connectivity index (χ0) is 11.6. The second kappa shape index (κ2) is 3.11. The molecule has 3 rings (SSSR count). The van der Waals surface area contributed by atoms with Crippen LogP contribution < -0.4 is 0 Å². The first kappa shape index (κ1) is 10.8. The summed E-state index contributed by atoms with van der Waals surface area (Å²) in [5.74, 6) is 3.14. The normalized spacial score (nSPS) is 59.7. The molecule has 16 heavy (non-hydrogen) atoms. The summed E-state index contributed by atoms with van der Waals surface area (Å²) in [6.07, 6.45) is 8.18. The maximum absolute atomic E-state index is 11.4. The highest BCUT2D eigenvalue weighted by Crippen LogP contribution is 2.75. The van der Waals surface area contributed by atoms with Gasteiger partial charge in [-0.25, -0.2) is 0 Å². The van der Waals surface area contributed by atoms with Gasteiger partial charge < -0.3 is 4.79 Å². The quantitative estimate of drug-likeness (QED) is 0.616. The second-order valence-corrected chi connectivity index (χ2v) is 7.04. The molecule has 3 aliphatic carbocycles. The van der Waals surface area contributed by atoms with Gasteiger partial charge in [-0.1, -0.05) is 33.6 Å². The molecule has 0 aromatic carbocycles. The molecule has 1 heteroatoms. The van der Waals surface area contributed by atoms with Crippen LogP contribution in [0.2, 0.25) is 0 Å². The molecule has 3 fully saturated rings. The van der Waals surface area contributed by atoms with Crippen molar-refractivity contribution in [3.63, 3.8) is 0 Å². The van der Waals surface area contributed by atoms with Crippen LogP contribution in [0.5, 0.6) is 0 Å². The van der Waals surface area contributed by atoms with Crippen molar-refractivity contribution in [3.05, 3.63) is 0 Å². The molecule has 0 N–H and O–H groups in total. The lowest BCUT2D eigenvalue weighted by atomic mass is 9.55. The SMILES string of the molecule is CC1CCCC2CCC3C(C3(C)C=O)C12C. The summed E-state index contributed by atoms with van der Waals surface area (Å²) in [6.45, 7) is 7.13. The van der Waals surface area contributed by atoms with Crippen LogP contribution in [-0.2, 0) is 4.79 Å². The predicted octanol–water partition coefficient (Wildman–Crippen LogP) is 3.67. The van der Waals surface area contributed by atoms with Crippen molar-refractivity contribution in [2.45, 2.75) is 52.9 Å². The van der Waals surface area contributed by atoms with Crippen LogP contribution in [0.1, 0.15) is 52.9 Å². The molecule has 0 aliphatic heterocycles. The lowest BCUT2D eigenvalue weighted by molar-refractivity contribution is -0.113. The Morgan fingerprint density at radius 1 is 1.12 bits per heavy atom. The smallest absolute Gasteiger partial charge is 0.126 e. The Kier molecular flexibility index (Phi) is 2.10. The number of hydrogen-bond acceptors (Lipinski definition) is 1. The van der Waals surface area contributed by atoms with E-state index >= 15 is 0 Å². The van der Waals surface area contributed by atoms with E-state index in [0.29, 0.717) is 17.3 Å². The Balaban J connectivity index is 1.96. The van der Waals surface area contributed by atoms with Gasteiger partial charge in [0.1, 0.15) is 6.29 Å². The summed E-state index contributed by atoms with van der Waals surface area (Å²) in [6, 6.07) is 0. The van der Waals surface area contributed by atoms with E-state index in [9.17, 15) is 4.79 Å². The van der Waals surface area contributed by atoms with E-state index in [1.165, 1.54) is 38.4 Å². The zero-order valence-electron chi connectivity index (χ0n) is 10.8. The van der Waals surface area contributed by atoms with Crippen LogP contribution in [0.15, 0.2) is 0 Å². The van der Waals surface area contributed by atoms with Crippen LogP contribution in [-0.4, -0.2) is 6.29 Å². The fourth-order valence-corrected chi connectivity index (χ4v) is 5.46. The van der Waals surface area contributed by atoms with Crippen LogP contribution in [0, 0.1) is 34.5 Å². The fraction of sp³-hybridized carbons (Fsp3) is 0.933. The van der Waals surface area contributed by atoms with Gasteiger partial charge in [-0.15, -0.1) is 0 Å². The van der Waals surface area contributed by atoms with Crippen molar-refractivity contribution >= 4 is 6.29 Å². The van der Waals surface area contributed by atoms with E-state index in [2.05, 4.69) is 20.8 Å². The summed E-state index contributed by atoms with van der Waals surface area (Å²) in [4.78, 5) is 11.4. The van der Waals surface area contributed by atoms with E-state index in [0.717, 1.165) is 11.8 Å². The maximum atomic E-state index is 11.4. The van der Waals surface area contributed by atoms with Crippen LogP contribution in [0.25, 0.3) is 0 Å². The van der Waals surface area contributed by atoms with Crippen LogP contribution in [0.3, 0.4) is 0 Å². The maximum Gasteiger partial charge on any atom is 0.126 e. The van der Waals surface area contributed by atoms with E-state index in [1.54, 1.807) is 0 Å². The monoisotopic (exact) mass is 220 g/mol. The molecule has 0 aromatic rings. The molecule has 0 radical (unpaired) electrons. The summed E-state index contributed by atoms with van der Waals surface area (Å²) < 4.78 is 0. The van der Waals surface area contributed by atoms with Gasteiger partial charge >= 0.3 is 0 Å². The molecule has 90 valence electrons. The molecule has 1 nitrogen and oxygen atoms in total. The molecule has 3 saturated carbocycles. The van der Waals surface area contributed by atoms with Crippen molar-refractivity contribution < 1.29 is 4.79 Å². The highest BCUT2D eigenvalue weighted by atomic mass is 16.1. The Hall–Kier alpha value is -0.330. The van der Waals surface area contributed by atoms with Crippen LogP contribution in [0.4, 0.5) is 0 Å².